The van der Waals surface area contributed by atoms with Crippen LogP contribution >= 0.6 is 0 Å². The minimum absolute atomic E-state index is 0.0811. The molecule has 1 saturated heterocycles. The topological polar surface area (TPSA) is 93.9 Å². The molecule has 166 valence electrons. The third-order valence-electron chi connectivity index (χ3n) is 5.63. The number of ketones is 1. The van der Waals surface area contributed by atoms with E-state index in [4.69, 9.17) is 9.47 Å². The van der Waals surface area contributed by atoms with Crippen LogP contribution in [0.1, 0.15) is 41.2 Å². The Morgan fingerprint density at radius 1 is 1.10 bits per heavy atom. The Morgan fingerprint density at radius 2 is 1.84 bits per heavy atom. The fourth-order valence-corrected chi connectivity index (χ4v) is 3.97. The number of nitrogens with one attached hydrogen (secondary N) is 1. The van der Waals surface area contributed by atoms with Crippen molar-refractivity contribution in [3.05, 3.63) is 63.7 Å². The lowest BCUT2D eigenvalue weighted by molar-refractivity contribution is -0.384. The first kappa shape index (κ1) is 22.7. The van der Waals surface area contributed by atoms with Crippen LogP contribution in [0, 0.1) is 10.1 Å². The van der Waals surface area contributed by atoms with Crippen molar-refractivity contribution in [2.45, 2.75) is 25.3 Å². The summed E-state index contributed by atoms with van der Waals surface area (Å²) in [6.45, 7) is 2.69. The molecule has 1 aliphatic heterocycles. The highest BCUT2D eigenvalue weighted by molar-refractivity contribution is 5.98. The predicted molar refractivity (Wildman–Crippen MR) is 118 cm³/mol. The van der Waals surface area contributed by atoms with Crippen LogP contribution in [0.15, 0.2) is 42.5 Å². The summed E-state index contributed by atoms with van der Waals surface area (Å²) in [6, 6.07) is 11.8. The number of nitro groups is 1. The molecule has 0 amide bonds. The van der Waals surface area contributed by atoms with Crippen LogP contribution in [0.5, 0.6) is 11.5 Å². The van der Waals surface area contributed by atoms with E-state index >= 15 is 0 Å². The maximum Gasteiger partial charge on any atom is 0.270 e. The molecular weight excluding hydrogens is 398 g/mol. The minimum Gasteiger partial charge on any atom is -0.493 e. The molecule has 1 atom stereocenters. The van der Waals surface area contributed by atoms with Crippen molar-refractivity contribution in [2.75, 3.05) is 40.4 Å². The van der Waals surface area contributed by atoms with Gasteiger partial charge in [-0.2, -0.15) is 0 Å². The van der Waals surface area contributed by atoms with Crippen molar-refractivity contribution in [1.29, 1.82) is 0 Å². The van der Waals surface area contributed by atoms with Crippen LogP contribution < -0.4 is 14.8 Å². The second-order valence-electron chi connectivity index (χ2n) is 7.59. The van der Waals surface area contributed by atoms with Crippen molar-refractivity contribution < 1.29 is 19.2 Å². The van der Waals surface area contributed by atoms with Gasteiger partial charge >= 0.3 is 0 Å². The molecule has 0 bridgehead atoms. The molecular formula is C23H29N3O5. The molecule has 0 saturated carbocycles. The maximum absolute atomic E-state index is 12.6. The first-order chi connectivity index (χ1) is 15.0. The highest BCUT2D eigenvalue weighted by atomic mass is 16.6. The lowest BCUT2D eigenvalue weighted by atomic mass is 10.0. The molecule has 1 unspecified atom stereocenters. The number of nitrogens with zero attached hydrogens (tertiary/aromatic N) is 2. The molecule has 31 heavy (non-hydrogen) atoms. The number of hydrogen-bond acceptors (Lipinski definition) is 7. The Labute approximate surface area is 182 Å². The molecule has 1 fully saturated rings. The van der Waals surface area contributed by atoms with Gasteiger partial charge in [0.2, 0.25) is 0 Å². The van der Waals surface area contributed by atoms with Crippen molar-refractivity contribution in [2.24, 2.45) is 0 Å². The summed E-state index contributed by atoms with van der Waals surface area (Å²) in [5, 5.41) is 14.2. The standard InChI is InChI=1S/C23H29N3O5/c1-30-22-10-9-17(14-23(22)31-2)20(25-11-4-3-5-12-25)15-24-16-21(27)18-7-6-8-19(13-18)26(28)29/h6-10,13-14,20,24H,3-5,11-12,15-16H2,1-2H3. The first-order valence-corrected chi connectivity index (χ1v) is 10.5. The molecule has 0 radical (unpaired) electrons. The number of rotatable bonds is 10. The average molecular weight is 428 g/mol. The highest BCUT2D eigenvalue weighted by Gasteiger charge is 2.23. The van der Waals surface area contributed by atoms with E-state index in [9.17, 15) is 14.9 Å². The number of ether oxygens (including phenoxy) is 2. The van der Waals surface area contributed by atoms with Crippen LogP contribution in [0.25, 0.3) is 0 Å². The van der Waals surface area contributed by atoms with Gasteiger partial charge in [-0.15, -0.1) is 0 Å². The largest absolute Gasteiger partial charge is 0.493 e. The molecule has 0 aliphatic carbocycles. The smallest absolute Gasteiger partial charge is 0.270 e. The van der Waals surface area contributed by atoms with Crippen LogP contribution in [-0.4, -0.2) is 56.0 Å². The third kappa shape index (κ3) is 5.80. The summed E-state index contributed by atoms with van der Waals surface area (Å²) in [4.78, 5) is 25.5. The van der Waals surface area contributed by atoms with Crippen molar-refractivity contribution in [1.82, 2.24) is 10.2 Å². The number of likely N-dealkylation sites (tertiary alicyclic amines) is 1. The van der Waals surface area contributed by atoms with Crippen molar-refractivity contribution in [3.8, 4) is 11.5 Å². The second kappa shape index (κ2) is 10.9. The zero-order chi connectivity index (χ0) is 22.2. The third-order valence-corrected chi connectivity index (χ3v) is 5.63. The number of benzene rings is 2. The van der Waals surface area contributed by atoms with Gasteiger partial charge in [-0.1, -0.05) is 24.6 Å². The molecule has 0 aromatic heterocycles. The lowest BCUT2D eigenvalue weighted by Gasteiger charge is -2.35. The number of nitro benzene ring substituents is 1. The molecule has 3 rings (SSSR count). The van der Waals surface area contributed by atoms with E-state index < -0.39 is 4.92 Å². The molecule has 0 spiro atoms. The minimum atomic E-state index is -0.492. The van der Waals surface area contributed by atoms with E-state index in [1.165, 1.54) is 24.6 Å². The molecule has 1 N–H and O–H groups in total. The zero-order valence-electron chi connectivity index (χ0n) is 18.0. The second-order valence-corrected chi connectivity index (χ2v) is 7.59. The van der Waals surface area contributed by atoms with E-state index in [2.05, 4.69) is 10.2 Å². The number of Topliss-reactive ketones (excluding diaryl/α,β-unsaturated/α-hetero) is 1. The first-order valence-electron chi connectivity index (χ1n) is 10.5. The number of carbonyl (C=O) groups is 1. The number of hydrogen-bond donors (Lipinski definition) is 1. The molecule has 1 aliphatic rings. The number of non-ortho nitro benzene ring substituents is 1. The van der Waals surface area contributed by atoms with E-state index in [0.29, 0.717) is 23.6 Å². The lowest BCUT2D eigenvalue weighted by Crippen LogP contribution is -2.40. The van der Waals surface area contributed by atoms with E-state index in [1.807, 2.05) is 18.2 Å². The summed E-state index contributed by atoms with van der Waals surface area (Å²) in [6.07, 6.45) is 3.53. The zero-order valence-corrected chi connectivity index (χ0v) is 18.0. The normalized spacial score (nSPS) is 15.3. The van der Waals surface area contributed by atoms with Gasteiger partial charge in [-0.25, -0.2) is 0 Å². The quantitative estimate of drug-likeness (QED) is 0.352. The molecule has 2 aromatic carbocycles. The Balaban J connectivity index is 1.71. The van der Waals surface area contributed by atoms with Crippen LogP contribution in [-0.2, 0) is 0 Å². The number of piperidine rings is 1. The van der Waals surface area contributed by atoms with Gasteiger partial charge in [0, 0.05) is 30.3 Å². The van der Waals surface area contributed by atoms with Gasteiger partial charge in [0.1, 0.15) is 0 Å². The van der Waals surface area contributed by atoms with Crippen molar-refractivity contribution in [3.63, 3.8) is 0 Å². The SMILES string of the molecule is COc1ccc(C(CNCC(=O)c2cccc([N+](=O)[O-])c2)N2CCCCC2)cc1OC. The Bertz CT molecular complexity index is 912. The van der Waals surface area contributed by atoms with E-state index in [-0.39, 0.29) is 24.1 Å². The summed E-state index contributed by atoms with van der Waals surface area (Å²) in [5.41, 5.74) is 1.35. The molecule has 1 heterocycles. The van der Waals surface area contributed by atoms with Gasteiger partial charge in [-0.3, -0.25) is 19.8 Å². The average Bonchev–Trinajstić information content (AvgIpc) is 2.82. The Morgan fingerprint density at radius 3 is 2.52 bits per heavy atom. The number of carbonyl (C=O) groups excluding carboxylic acids is 1. The fraction of sp³-hybridized carbons (Fsp3) is 0.435. The van der Waals surface area contributed by atoms with Gasteiger partial charge < -0.3 is 14.8 Å². The van der Waals surface area contributed by atoms with Gasteiger partial charge in [0.05, 0.1) is 25.7 Å². The predicted octanol–water partition coefficient (Wildman–Crippen LogP) is 3.61. The Hall–Kier alpha value is -2.97. The number of methoxy groups -OCH3 is 2. The van der Waals surface area contributed by atoms with E-state index in [0.717, 1.165) is 31.5 Å². The highest BCUT2D eigenvalue weighted by Crippen LogP contribution is 2.32. The van der Waals surface area contributed by atoms with Gasteiger partial charge in [-0.05, 0) is 43.6 Å². The maximum atomic E-state index is 12.6. The van der Waals surface area contributed by atoms with Crippen LogP contribution in [0.4, 0.5) is 5.69 Å². The molecule has 8 heteroatoms. The molecule has 2 aromatic rings. The van der Waals surface area contributed by atoms with Gasteiger partial charge in [0.25, 0.3) is 5.69 Å². The van der Waals surface area contributed by atoms with Crippen LogP contribution in [0.2, 0.25) is 0 Å². The summed E-state index contributed by atoms with van der Waals surface area (Å²) >= 11 is 0. The van der Waals surface area contributed by atoms with Crippen LogP contribution in [0.3, 0.4) is 0 Å². The summed E-state index contributed by atoms with van der Waals surface area (Å²) < 4.78 is 10.8. The van der Waals surface area contributed by atoms with E-state index in [1.54, 1.807) is 20.3 Å². The van der Waals surface area contributed by atoms with Crippen molar-refractivity contribution >= 4 is 11.5 Å². The fourth-order valence-electron chi connectivity index (χ4n) is 3.97. The summed E-state index contributed by atoms with van der Waals surface area (Å²) in [5.74, 6) is 1.18. The summed E-state index contributed by atoms with van der Waals surface area (Å²) in [7, 11) is 3.23. The Kier molecular flexibility index (Phi) is 7.97. The monoisotopic (exact) mass is 427 g/mol. The molecule has 8 nitrogen and oxygen atoms in total. The van der Waals surface area contributed by atoms with Gasteiger partial charge in [0.15, 0.2) is 17.3 Å².